The number of rotatable bonds is 8. The zero-order valence-corrected chi connectivity index (χ0v) is 16.4. The second kappa shape index (κ2) is 9.66. The number of amides is 1. The molecule has 0 unspecified atom stereocenters. The monoisotopic (exact) mass is 388 g/mol. The Hall–Kier alpha value is -2.45. The molecule has 1 aliphatic rings. The molecule has 3 rings (SSSR count). The predicted molar refractivity (Wildman–Crippen MR) is 104 cm³/mol. The van der Waals surface area contributed by atoms with E-state index in [0.29, 0.717) is 13.0 Å². The molecule has 1 saturated heterocycles. The Labute approximate surface area is 164 Å². The molecule has 3 atom stereocenters. The first-order valence-corrected chi connectivity index (χ1v) is 9.73. The fourth-order valence-electron chi connectivity index (χ4n) is 3.42. The van der Waals surface area contributed by atoms with Crippen molar-refractivity contribution >= 4 is 5.91 Å². The van der Waals surface area contributed by atoms with Crippen LogP contribution in [0.5, 0.6) is 5.75 Å². The van der Waals surface area contributed by atoms with Gasteiger partial charge in [0.15, 0.2) is 0 Å². The average molecular weight is 388 g/mol. The quantitative estimate of drug-likeness (QED) is 0.715. The highest BCUT2D eigenvalue weighted by molar-refractivity contribution is 5.75. The second-order valence-electron chi connectivity index (χ2n) is 6.97. The summed E-state index contributed by atoms with van der Waals surface area (Å²) in [6, 6.07) is 7.58. The molecule has 0 radical (unpaired) electrons. The first-order valence-electron chi connectivity index (χ1n) is 9.73. The van der Waals surface area contributed by atoms with Crippen LogP contribution in [0, 0.1) is 0 Å². The smallest absolute Gasteiger partial charge is 0.220 e. The molecule has 152 valence electrons. The molecule has 2 N–H and O–H groups in total. The van der Waals surface area contributed by atoms with E-state index in [9.17, 15) is 9.90 Å². The minimum Gasteiger partial charge on any atom is -0.497 e. The third kappa shape index (κ3) is 5.08. The summed E-state index contributed by atoms with van der Waals surface area (Å²) in [5.41, 5.74) is 1.74. The maximum atomic E-state index is 11.6. The van der Waals surface area contributed by atoms with Crippen LogP contribution in [0.2, 0.25) is 0 Å². The minimum atomic E-state index is -0.364. The van der Waals surface area contributed by atoms with Crippen molar-refractivity contribution in [3.05, 3.63) is 30.5 Å². The molecule has 2 heterocycles. The molecule has 0 spiro atoms. The lowest BCUT2D eigenvalue weighted by molar-refractivity contribution is -0.128. The maximum absolute atomic E-state index is 11.6. The van der Waals surface area contributed by atoms with Gasteiger partial charge in [0.2, 0.25) is 5.91 Å². The Balaban J connectivity index is 1.53. The van der Waals surface area contributed by atoms with Gasteiger partial charge < -0.3 is 19.9 Å². The molecule has 1 fully saturated rings. The molecule has 1 aromatic carbocycles. The van der Waals surface area contributed by atoms with Crippen LogP contribution in [-0.2, 0) is 16.1 Å². The number of nitrogens with one attached hydrogen (secondary N) is 1. The minimum absolute atomic E-state index is 0.0156. The molecule has 8 nitrogen and oxygen atoms in total. The Bertz CT molecular complexity index is 779. The van der Waals surface area contributed by atoms with Gasteiger partial charge >= 0.3 is 0 Å². The van der Waals surface area contributed by atoms with Gasteiger partial charge in [0.05, 0.1) is 32.1 Å². The van der Waals surface area contributed by atoms with Gasteiger partial charge in [0.1, 0.15) is 17.5 Å². The number of aliphatic hydroxyl groups is 1. The van der Waals surface area contributed by atoms with Crippen LogP contribution in [0.25, 0.3) is 11.3 Å². The third-order valence-electron chi connectivity index (χ3n) is 5.05. The predicted octanol–water partition coefficient (Wildman–Crippen LogP) is 1.78. The van der Waals surface area contributed by atoms with E-state index in [1.54, 1.807) is 11.8 Å². The van der Waals surface area contributed by atoms with Crippen molar-refractivity contribution < 1.29 is 19.4 Å². The third-order valence-corrected chi connectivity index (χ3v) is 5.05. The lowest BCUT2D eigenvalue weighted by Crippen LogP contribution is -2.50. The van der Waals surface area contributed by atoms with Gasteiger partial charge in [-0.05, 0) is 31.4 Å². The van der Waals surface area contributed by atoms with Gasteiger partial charge in [-0.15, -0.1) is 5.10 Å². The molecular weight excluding hydrogens is 360 g/mol. The van der Waals surface area contributed by atoms with E-state index in [-0.39, 0.29) is 30.8 Å². The first-order chi connectivity index (χ1) is 13.6. The molecule has 2 aromatic rings. The fourth-order valence-corrected chi connectivity index (χ4v) is 3.42. The highest BCUT2D eigenvalue weighted by Crippen LogP contribution is 2.24. The zero-order chi connectivity index (χ0) is 19.9. The number of methoxy groups -OCH3 is 1. The molecule has 0 saturated carbocycles. The summed E-state index contributed by atoms with van der Waals surface area (Å²) in [7, 11) is 1.64. The average Bonchev–Trinajstić information content (AvgIpc) is 3.22. The van der Waals surface area contributed by atoms with E-state index in [1.807, 2.05) is 37.4 Å². The largest absolute Gasteiger partial charge is 0.497 e. The van der Waals surface area contributed by atoms with Crippen molar-refractivity contribution in [1.29, 1.82) is 0 Å². The topological polar surface area (TPSA) is 98.5 Å². The van der Waals surface area contributed by atoms with Gasteiger partial charge in [0.25, 0.3) is 0 Å². The lowest BCUT2D eigenvalue weighted by atomic mass is 9.97. The number of carbonyl (C=O) groups excluding carboxylic acids is 1. The highest BCUT2D eigenvalue weighted by atomic mass is 16.5. The van der Waals surface area contributed by atoms with E-state index in [1.165, 1.54) is 0 Å². The summed E-state index contributed by atoms with van der Waals surface area (Å²) >= 11 is 0. The van der Waals surface area contributed by atoms with Crippen LogP contribution in [0.15, 0.2) is 30.5 Å². The number of ether oxygens (including phenoxy) is 2. The number of carbonyl (C=O) groups is 1. The summed E-state index contributed by atoms with van der Waals surface area (Å²) in [6.45, 7) is 2.38. The number of aromatic nitrogens is 3. The van der Waals surface area contributed by atoms with Gasteiger partial charge in [-0.3, -0.25) is 9.48 Å². The highest BCUT2D eigenvalue weighted by Gasteiger charge is 2.31. The standard InChI is InChI=1S/C20H28N4O4/c1-3-20(26)21-17-8-7-15(28-19(17)13-25)9-10-24-12-18(22-23-24)14-5-4-6-16(11-14)27-2/h4-6,11-12,15,17,19,25H,3,7-10,13H2,1-2H3,(H,21,26)/t15-,17-,19+/m1/s1. The number of benzene rings is 1. The SMILES string of the molecule is CCC(=O)N[C@@H]1CC[C@H](CCn2cc(-c3cccc(OC)c3)nn2)O[C@H]1CO. The summed E-state index contributed by atoms with van der Waals surface area (Å²) in [6.07, 6.45) is 4.40. The summed E-state index contributed by atoms with van der Waals surface area (Å²) in [4.78, 5) is 11.6. The summed E-state index contributed by atoms with van der Waals surface area (Å²) < 4.78 is 13.0. The molecular formula is C20H28N4O4. The first kappa shape index (κ1) is 20.3. The Morgan fingerprint density at radius 2 is 2.29 bits per heavy atom. The number of hydrogen-bond acceptors (Lipinski definition) is 6. The molecule has 0 bridgehead atoms. The van der Waals surface area contributed by atoms with Crippen molar-refractivity contribution in [2.75, 3.05) is 13.7 Å². The van der Waals surface area contributed by atoms with E-state index < -0.39 is 0 Å². The second-order valence-corrected chi connectivity index (χ2v) is 6.97. The lowest BCUT2D eigenvalue weighted by Gasteiger charge is -2.36. The van der Waals surface area contributed by atoms with Crippen LogP contribution < -0.4 is 10.1 Å². The van der Waals surface area contributed by atoms with E-state index in [0.717, 1.165) is 36.3 Å². The molecule has 28 heavy (non-hydrogen) atoms. The Morgan fingerprint density at radius 3 is 3.04 bits per heavy atom. The maximum Gasteiger partial charge on any atom is 0.220 e. The van der Waals surface area contributed by atoms with Crippen molar-refractivity contribution in [2.45, 2.75) is 57.4 Å². The van der Waals surface area contributed by atoms with E-state index >= 15 is 0 Å². The van der Waals surface area contributed by atoms with Gasteiger partial charge in [-0.1, -0.05) is 24.3 Å². The number of hydrogen-bond donors (Lipinski definition) is 2. The van der Waals surface area contributed by atoms with Gasteiger partial charge in [-0.2, -0.15) is 0 Å². The molecule has 1 aromatic heterocycles. The van der Waals surface area contributed by atoms with Crippen molar-refractivity contribution in [3.63, 3.8) is 0 Å². The van der Waals surface area contributed by atoms with E-state index in [4.69, 9.17) is 9.47 Å². The Kier molecular flexibility index (Phi) is 7.00. The molecule has 0 aliphatic carbocycles. The summed E-state index contributed by atoms with van der Waals surface area (Å²) in [5.74, 6) is 0.764. The molecule has 1 aliphatic heterocycles. The van der Waals surface area contributed by atoms with Crippen molar-refractivity contribution in [1.82, 2.24) is 20.3 Å². The van der Waals surface area contributed by atoms with Crippen molar-refractivity contribution in [2.24, 2.45) is 0 Å². The van der Waals surface area contributed by atoms with Crippen LogP contribution in [0.4, 0.5) is 0 Å². The Morgan fingerprint density at radius 1 is 1.43 bits per heavy atom. The van der Waals surface area contributed by atoms with E-state index in [2.05, 4.69) is 15.6 Å². The van der Waals surface area contributed by atoms with Crippen LogP contribution in [0.1, 0.15) is 32.6 Å². The van der Waals surface area contributed by atoms with Crippen LogP contribution in [0.3, 0.4) is 0 Å². The van der Waals surface area contributed by atoms with Crippen LogP contribution >= 0.6 is 0 Å². The molecule has 1 amide bonds. The number of aryl methyl sites for hydroxylation is 1. The summed E-state index contributed by atoms with van der Waals surface area (Å²) in [5, 5.41) is 21.0. The van der Waals surface area contributed by atoms with Crippen molar-refractivity contribution in [3.8, 4) is 17.0 Å². The number of nitrogens with zero attached hydrogens (tertiary/aromatic N) is 3. The fraction of sp³-hybridized carbons (Fsp3) is 0.550. The van der Waals surface area contributed by atoms with Gasteiger partial charge in [0, 0.05) is 18.5 Å². The van der Waals surface area contributed by atoms with Gasteiger partial charge in [-0.25, -0.2) is 0 Å². The normalized spacial score (nSPS) is 22.0. The molecule has 8 heteroatoms. The number of aliphatic hydroxyl groups excluding tert-OH is 1. The zero-order valence-electron chi connectivity index (χ0n) is 16.4. The van der Waals surface area contributed by atoms with Crippen LogP contribution in [-0.4, -0.2) is 58.0 Å².